The molecular formula is C17H24N2O. The third kappa shape index (κ3) is 2.89. The van der Waals surface area contributed by atoms with Gasteiger partial charge in [0.25, 0.3) is 0 Å². The van der Waals surface area contributed by atoms with Crippen molar-refractivity contribution in [1.29, 1.82) is 0 Å². The average Bonchev–Trinajstić information content (AvgIpc) is 2.77. The van der Waals surface area contributed by atoms with Crippen LogP contribution in [0.5, 0.6) is 0 Å². The predicted octanol–water partition coefficient (Wildman–Crippen LogP) is 3.33. The molecule has 0 aliphatic carbocycles. The van der Waals surface area contributed by atoms with Crippen molar-refractivity contribution >= 4 is 10.9 Å². The molecule has 0 saturated carbocycles. The number of nitrogens with zero attached hydrogens (tertiary/aromatic N) is 1. The second kappa shape index (κ2) is 5.98. The quantitative estimate of drug-likeness (QED) is 0.924. The van der Waals surface area contributed by atoms with E-state index in [-0.39, 0.29) is 0 Å². The summed E-state index contributed by atoms with van der Waals surface area (Å²) in [7, 11) is 2.21. The van der Waals surface area contributed by atoms with Crippen molar-refractivity contribution in [1.82, 2.24) is 9.88 Å². The molecule has 3 rings (SSSR count). The van der Waals surface area contributed by atoms with E-state index in [0.29, 0.717) is 5.92 Å². The first-order chi connectivity index (χ1) is 9.74. The van der Waals surface area contributed by atoms with Crippen LogP contribution >= 0.6 is 0 Å². The summed E-state index contributed by atoms with van der Waals surface area (Å²) in [5.41, 5.74) is 3.96. The van der Waals surface area contributed by atoms with Gasteiger partial charge in [-0.3, -0.25) is 0 Å². The van der Waals surface area contributed by atoms with Gasteiger partial charge in [0, 0.05) is 36.3 Å². The molecule has 1 fully saturated rings. The summed E-state index contributed by atoms with van der Waals surface area (Å²) < 4.78 is 5.57. The van der Waals surface area contributed by atoms with Gasteiger partial charge in [-0.1, -0.05) is 18.2 Å². The molecule has 0 bridgehead atoms. The first kappa shape index (κ1) is 13.7. The largest absolute Gasteiger partial charge is 0.381 e. The Morgan fingerprint density at radius 1 is 1.35 bits per heavy atom. The Morgan fingerprint density at radius 3 is 2.95 bits per heavy atom. The number of hydrogen-bond acceptors (Lipinski definition) is 2. The highest BCUT2D eigenvalue weighted by atomic mass is 16.5. The smallest absolute Gasteiger partial charge is 0.0506 e. The van der Waals surface area contributed by atoms with Crippen LogP contribution in [0, 0.1) is 12.8 Å². The van der Waals surface area contributed by atoms with Crippen molar-refractivity contribution in [3.8, 4) is 0 Å². The van der Waals surface area contributed by atoms with Gasteiger partial charge in [0.05, 0.1) is 6.61 Å². The molecule has 0 spiro atoms. The maximum Gasteiger partial charge on any atom is 0.0506 e. The van der Waals surface area contributed by atoms with Gasteiger partial charge in [0.2, 0.25) is 0 Å². The van der Waals surface area contributed by atoms with Gasteiger partial charge in [0.15, 0.2) is 0 Å². The van der Waals surface area contributed by atoms with Crippen molar-refractivity contribution in [2.45, 2.75) is 26.3 Å². The van der Waals surface area contributed by atoms with Crippen LogP contribution in [0.25, 0.3) is 10.9 Å². The van der Waals surface area contributed by atoms with E-state index in [1.165, 1.54) is 35.0 Å². The maximum atomic E-state index is 5.57. The minimum absolute atomic E-state index is 0.693. The molecule has 3 nitrogen and oxygen atoms in total. The predicted molar refractivity (Wildman–Crippen MR) is 82.9 cm³/mol. The van der Waals surface area contributed by atoms with E-state index in [9.17, 15) is 0 Å². The second-order valence-electron chi connectivity index (χ2n) is 6.05. The molecule has 1 atom stereocenters. The summed E-state index contributed by atoms with van der Waals surface area (Å²) in [5, 5.41) is 1.34. The highest BCUT2D eigenvalue weighted by Gasteiger charge is 2.17. The van der Waals surface area contributed by atoms with Crippen LogP contribution in [-0.2, 0) is 11.3 Å². The van der Waals surface area contributed by atoms with Gasteiger partial charge < -0.3 is 14.6 Å². The lowest BCUT2D eigenvalue weighted by Crippen LogP contribution is -2.30. The number of H-pyrrole nitrogens is 1. The number of ether oxygens (including phenoxy) is 1. The van der Waals surface area contributed by atoms with E-state index in [0.717, 1.165) is 26.3 Å². The minimum Gasteiger partial charge on any atom is -0.381 e. The number of hydrogen-bond donors (Lipinski definition) is 1. The Kier molecular flexibility index (Phi) is 4.08. The first-order valence-corrected chi connectivity index (χ1v) is 7.56. The molecule has 1 saturated heterocycles. The van der Waals surface area contributed by atoms with Crippen LogP contribution in [-0.4, -0.2) is 36.7 Å². The molecule has 1 aliphatic heterocycles. The Hall–Kier alpha value is -1.32. The fraction of sp³-hybridized carbons (Fsp3) is 0.529. The molecule has 20 heavy (non-hydrogen) atoms. The van der Waals surface area contributed by atoms with E-state index >= 15 is 0 Å². The number of rotatable bonds is 4. The molecule has 0 radical (unpaired) electrons. The van der Waals surface area contributed by atoms with Crippen LogP contribution < -0.4 is 0 Å². The number of benzene rings is 1. The molecule has 1 aliphatic rings. The molecule has 108 valence electrons. The molecule has 1 aromatic heterocycles. The lowest BCUT2D eigenvalue weighted by Gasteiger charge is -2.27. The molecule has 2 heterocycles. The van der Waals surface area contributed by atoms with E-state index in [1.807, 2.05) is 0 Å². The molecule has 1 N–H and O–H groups in total. The topological polar surface area (TPSA) is 28.3 Å². The fourth-order valence-electron chi connectivity index (χ4n) is 3.22. The van der Waals surface area contributed by atoms with Crippen molar-refractivity contribution < 1.29 is 4.74 Å². The van der Waals surface area contributed by atoms with Gasteiger partial charge >= 0.3 is 0 Å². The van der Waals surface area contributed by atoms with Gasteiger partial charge in [0.1, 0.15) is 0 Å². The van der Waals surface area contributed by atoms with Gasteiger partial charge in [-0.15, -0.1) is 0 Å². The zero-order chi connectivity index (χ0) is 13.9. The zero-order valence-electron chi connectivity index (χ0n) is 12.5. The summed E-state index contributed by atoms with van der Waals surface area (Å²) in [6.07, 6.45) is 2.51. The number of aryl methyl sites for hydroxylation is 1. The highest BCUT2D eigenvalue weighted by Crippen LogP contribution is 2.23. The number of aromatic nitrogens is 1. The van der Waals surface area contributed by atoms with Gasteiger partial charge in [-0.05, 0) is 44.4 Å². The van der Waals surface area contributed by atoms with Crippen LogP contribution in [0.2, 0.25) is 0 Å². The summed E-state index contributed by atoms with van der Waals surface area (Å²) >= 11 is 0. The molecule has 1 aromatic carbocycles. The number of nitrogens with one attached hydrogen (secondary N) is 1. The first-order valence-electron chi connectivity index (χ1n) is 7.56. The minimum atomic E-state index is 0.693. The number of para-hydroxylation sites is 1. The summed E-state index contributed by atoms with van der Waals surface area (Å²) in [6, 6.07) is 8.54. The van der Waals surface area contributed by atoms with E-state index in [2.05, 4.69) is 48.1 Å². The highest BCUT2D eigenvalue weighted by molar-refractivity contribution is 5.84. The lowest BCUT2D eigenvalue weighted by molar-refractivity contribution is 0.0410. The van der Waals surface area contributed by atoms with Crippen molar-refractivity contribution in [3.63, 3.8) is 0 Å². The third-order valence-electron chi connectivity index (χ3n) is 4.32. The van der Waals surface area contributed by atoms with Crippen molar-refractivity contribution in [3.05, 3.63) is 35.5 Å². The second-order valence-corrected chi connectivity index (χ2v) is 6.05. The summed E-state index contributed by atoms with van der Waals surface area (Å²) in [6.45, 7) is 6.19. The Labute approximate surface area is 120 Å². The number of fused-ring (bicyclic) bond motifs is 1. The normalized spacial score (nSPS) is 19.9. The Bertz CT molecular complexity index is 569. The molecule has 3 heteroatoms. The van der Waals surface area contributed by atoms with Crippen LogP contribution in [0.4, 0.5) is 0 Å². The number of aromatic amines is 1. The van der Waals surface area contributed by atoms with Gasteiger partial charge in [-0.25, -0.2) is 0 Å². The van der Waals surface area contributed by atoms with E-state index in [1.54, 1.807) is 0 Å². The SMILES string of the molecule is Cc1c(CN(C)CC2CCCOC2)[nH]c2ccccc12. The molecule has 2 aromatic rings. The van der Waals surface area contributed by atoms with Crippen LogP contribution in [0.1, 0.15) is 24.1 Å². The van der Waals surface area contributed by atoms with Crippen LogP contribution in [0.3, 0.4) is 0 Å². The fourth-order valence-corrected chi connectivity index (χ4v) is 3.22. The van der Waals surface area contributed by atoms with Gasteiger partial charge in [-0.2, -0.15) is 0 Å². The van der Waals surface area contributed by atoms with Crippen molar-refractivity contribution in [2.75, 3.05) is 26.8 Å². The summed E-state index contributed by atoms with van der Waals surface area (Å²) in [5.74, 6) is 0.693. The average molecular weight is 272 g/mol. The Balaban J connectivity index is 1.67. The van der Waals surface area contributed by atoms with E-state index in [4.69, 9.17) is 4.74 Å². The molecule has 1 unspecified atom stereocenters. The van der Waals surface area contributed by atoms with Crippen molar-refractivity contribution in [2.24, 2.45) is 5.92 Å². The molecular weight excluding hydrogens is 248 g/mol. The monoisotopic (exact) mass is 272 g/mol. The van der Waals surface area contributed by atoms with E-state index < -0.39 is 0 Å². The third-order valence-corrected chi connectivity index (χ3v) is 4.32. The maximum absolute atomic E-state index is 5.57. The molecule has 0 amide bonds. The standard InChI is InChI=1S/C17H24N2O/c1-13-15-7-3-4-8-16(15)18-17(13)11-19(2)10-14-6-5-9-20-12-14/h3-4,7-8,14,18H,5-6,9-12H2,1-2H3. The van der Waals surface area contributed by atoms with Crippen LogP contribution in [0.15, 0.2) is 24.3 Å². The Morgan fingerprint density at radius 2 is 2.20 bits per heavy atom. The summed E-state index contributed by atoms with van der Waals surface area (Å²) in [4.78, 5) is 5.97. The zero-order valence-corrected chi connectivity index (χ0v) is 12.5. The lowest BCUT2D eigenvalue weighted by atomic mass is 10.0.